The molecule has 0 spiro atoms. The molecule has 2 rings (SSSR count). The zero-order valence-electron chi connectivity index (χ0n) is 15.5. The normalized spacial score (nSPS) is 29.0. The van der Waals surface area contributed by atoms with E-state index in [4.69, 9.17) is 4.74 Å². The number of amides is 2. The van der Waals surface area contributed by atoms with E-state index in [0.29, 0.717) is 19.3 Å². The largest absolute Gasteiger partial charge is 0.448 e. The standard InChI is InChI=1S/C15H29N3O5S2/c1-17(2)14(19)11-6-7-13-12(10-11)16-25(21,22)18(13)15(20)23-8-9-24(3,4)5/h11-13,16H,6-10H2,1-5H3/t11-,12+,13-/m0/s1. The van der Waals surface area contributed by atoms with Crippen LogP contribution in [0.2, 0.25) is 0 Å². The minimum absolute atomic E-state index is 0.00757. The number of hydrogen-bond acceptors (Lipinski definition) is 5. The Morgan fingerprint density at radius 3 is 2.44 bits per heavy atom. The molecule has 1 N–H and O–H groups in total. The lowest BCUT2D eigenvalue weighted by Gasteiger charge is -2.33. The first-order valence-electron chi connectivity index (χ1n) is 8.28. The Morgan fingerprint density at radius 1 is 1.24 bits per heavy atom. The van der Waals surface area contributed by atoms with Gasteiger partial charge in [0, 0.05) is 31.8 Å². The minimum Gasteiger partial charge on any atom is -0.448 e. The number of nitrogens with zero attached hydrogens (tertiary/aromatic N) is 2. The minimum atomic E-state index is -3.91. The highest BCUT2D eigenvalue weighted by Gasteiger charge is 2.51. The Balaban J connectivity index is 2.04. The Hall–Kier alpha value is -1.00. The molecule has 0 aromatic rings. The zero-order valence-corrected chi connectivity index (χ0v) is 17.2. The summed E-state index contributed by atoms with van der Waals surface area (Å²) in [7, 11) is -1.36. The first-order valence-corrected chi connectivity index (χ1v) is 12.7. The van der Waals surface area contributed by atoms with Gasteiger partial charge >= 0.3 is 16.3 Å². The van der Waals surface area contributed by atoms with Crippen molar-refractivity contribution in [3.8, 4) is 0 Å². The van der Waals surface area contributed by atoms with E-state index >= 15 is 0 Å². The highest BCUT2D eigenvalue weighted by Crippen LogP contribution is 2.36. The molecule has 146 valence electrons. The molecule has 0 radical (unpaired) electrons. The van der Waals surface area contributed by atoms with Gasteiger partial charge in [-0.1, -0.05) is 0 Å². The summed E-state index contributed by atoms with van der Waals surface area (Å²) in [5.41, 5.74) is 0. The van der Waals surface area contributed by atoms with Gasteiger partial charge in [-0.15, -0.1) is 0 Å². The van der Waals surface area contributed by atoms with Crippen molar-refractivity contribution >= 4 is 32.2 Å². The molecule has 0 bridgehead atoms. The SMILES string of the molecule is CN(C)C(=O)[C@H]1CC[C@H]2[C@@H](C1)NS(=O)(=O)N2C(=O)OCCS(C)(C)C. The summed E-state index contributed by atoms with van der Waals surface area (Å²) in [6, 6.07) is -0.917. The summed E-state index contributed by atoms with van der Waals surface area (Å²) in [5.74, 6) is 0.499. The highest BCUT2D eigenvalue weighted by molar-refractivity contribution is 8.32. The highest BCUT2D eigenvalue weighted by atomic mass is 32.3. The number of hydrogen-bond donors (Lipinski definition) is 1. The molecule has 10 heteroatoms. The molecule has 1 heterocycles. The third-order valence-corrected chi connectivity index (χ3v) is 7.50. The maximum atomic E-state index is 12.4. The average molecular weight is 396 g/mol. The van der Waals surface area contributed by atoms with Crippen molar-refractivity contribution in [1.82, 2.24) is 13.9 Å². The van der Waals surface area contributed by atoms with Gasteiger partial charge in [-0.2, -0.15) is 17.4 Å². The Morgan fingerprint density at radius 2 is 1.88 bits per heavy atom. The number of nitrogens with one attached hydrogen (secondary N) is 1. The van der Waals surface area contributed by atoms with E-state index < -0.39 is 38.4 Å². The van der Waals surface area contributed by atoms with Gasteiger partial charge in [0.25, 0.3) is 0 Å². The van der Waals surface area contributed by atoms with E-state index in [1.807, 2.05) is 0 Å². The second-order valence-corrected chi connectivity index (χ2v) is 13.9. The second kappa shape index (κ2) is 7.32. The number of fused-ring (bicyclic) bond motifs is 1. The summed E-state index contributed by atoms with van der Waals surface area (Å²) in [6.45, 7) is 0.211. The molecule has 8 nitrogen and oxygen atoms in total. The molecule has 1 saturated heterocycles. The van der Waals surface area contributed by atoms with Crippen LogP contribution in [0.3, 0.4) is 0 Å². The van der Waals surface area contributed by atoms with Crippen LogP contribution in [0.5, 0.6) is 0 Å². The summed E-state index contributed by atoms with van der Waals surface area (Å²) in [5, 5.41) is 0. The maximum Gasteiger partial charge on any atom is 0.424 e. The van der Waals surface area contributed by atoms with Crippen molar-refractivity contribution in [3.63, 3.8) is 0 Å². The van der Waals surface area contributed by atoms with Crippen LogP contribution < -0.4 is 4.72 Å². The van der Waals surface area contributed by atoms with Crippen molar-refractivity contribution in [1.29, 1.82) is 0 Å². The Labute approximate surface area is 151 Å². The van der Waals surface area contributed by atoms with Gasteiger partial charge in [0.15, 0.2) is 0 Å². The van der Waals surface area contributed by atoms with E-state index in [9.17, 15) is 18.0 Å². The van der Waals surface area contributed by atoms with Gasteiger partial charge in [-0.25, -0.2) is 14.8 Å². The molecule has 0 aromatic heterocycles. The molecule has 0 aromatic carbocycles. The monoisotopic (exact) mass is 395 g/mol. The van der Waals surface area contributed by atoms with Crippen LogP contribution >= 0.6 is 10.0 Å². The molecular formula is C15H29N3O5S2. The molecule has 1 aliphatic carbocycles. The van der Waals surface area contributed by atoms with Crippen LogP contribution in [0.15, 0.2) is 0 Å². The predicted molar refractivity (Wildman–Crippen MR) is 99.1 cm³/mol. The van der Waals surface area contributed by atoms with Gasteiger partial charge in [0.1, 0.15) is 6.61 Å². The van der Waals surface area contributed by atoms with Crippen LogP contribution in [-0.4, -0.2) is 86.9 Å². The second-order valence-electron chi connectivity index (χ2n) is 7.74. The quantitative estimate of drug-likeness (QED) is 0.752. The smallest absolute Gasteiger partial charge is 0.424 e. The van der Waals surface area contributed by atoms with Crippen LogP contribution in [0.1, 0.15) is 19.3 Å². The van der Waals surface area contributed by atoms with Crippen molar-refractivity contribution in [2.24, 2.45) is 5.92 Å². The average Bonchev–Trinajstić information content (AvgIpc) is 2.73. The van der Waals surface area contributed by atoms with Gasteiger partial charge in [-0.3, -0.25) is 4.79 Å². The molecule has 0 unspecified atom stereocenters. The maximum absolute atomic E-state index is 12.4. The lowest BCUT2D eigenvalue weighted by molar-refractivity contribution is -0.134. The van der Waals surface area contributed by atoms with Crippen molar-refractivity contribution in [2.45, 2.75) is 31.3 Å². The fraction of sp³-hybridized carbons (Fsp3) is 0.867. The van der Waals surface area contributed by atoms with Crippen LogP contribution in [0, 0.1) is 5.92 Å². The first-order chi connectivity index (χ1) is 11.4. The van der Waals surface area contributed by atoms with Gasteiger partial charge in [0.05, 0.1) is 6.04 Å². The number of carbonyl (C=O) groups excluding carboxylic acids is 2. The molecule has 2 aliphatic rings. The summed E-state index contributed by atoms with van der Waals surface area (Å²) in [4.78, 5) is 26.0. The fourth-order valence-corrected chi connectivity index (χ4v) is 5.44. The number of ether oxygens (including phenoxy) is 1. The Bertz CT molecular complexity index is 630. The third kappa shape index (κ3) is 4.79. The van der Waals surface area contributed by atoms with Gasteiger partial charge in [-0.05, 0) is 38.0 Å². The fourth-order valence-electron chi connectivity index (χ4n) is 3.25. The summed E-state index contributed by atoms with van der Waals surface area (Å²) in [6.07, 6.45) is 6.92. The molecule has 3 atom stereocenters. The van der Waals surface area contributed by atoms with Crippen LogP contribution in [0.4, 0.5) is 4.79 Å². The third-order valence-electron chi connectivity index (χ3n) is 4.57. The molecule has 25 heavy (non-hydrogen) atoms. The van der Waals surface area contributed by atoms with E-state index in [1.165, 1.54) is 4.90 Å². The molecule has 2 fully saturated rings. The Kier molecular flexibility index (Phi) is 5.95. The number of rotatable bonds is 4. The summed E-state index contributed by atoms with van der Waals surface area (Å²) < 4.78 is 33.3. The topological polar surface area (TPSA) is 96.0 Å². The zero-order chi connectivity index (χ0) is 19.0. The van der Waals surface area contributed by atoms with Crippen LogP contribution in [-0.2, 0) is 19.7 Å². The molecular weight excluding hydrogens is 366 g/mol. The van der Waals surface area contributed by atoms with Gasteiger partial charge in [0.2, 0.25) is 5.91 Å². The van der Waals surface area contributed by atoms with Crippen molar-refractivity contribution in [2.75, 3.05) is 45.2 Å². The van der Waals surface area contributed by atoms with E-state index in [2.05, 4.69) is 23.5 Å². The van der Waals surface area contributed by atoms with Gasteiger partial charge < -0.3 is 9.64 Å². The van der Waals surface area contributed by atoms with E-state index in [0.717, 1.165) is 10.1 Å². The van der Waals surface area contributed by atoms with Crippen molar-refractivity contribution < 1.29 is 22.7 Å². The van der Waals surface area contributed by atoms with Crippen LogP contribution in [0.25, 0.3) is 0 Å². The molecule has 2 amide bonds. The number of carbonyl (C=O) groups is 2. The first kappa shape index (κ1) is 20.3. The molecule has 1 saturated carbocycles. The molecule has 1 aliphatic heterocycles. The predicted octanol–water partition coefficient (Wildman–Crippen LogP) is 0.593. The lowest BCUT2D eigenvalue weighted by atomic mass is 9.82. The van der Waals surface area contributed by atoms with Crippen molar-refractivity contribution in [3.05, 3.63) is 0 Å². The lowest BCUT2D eigenvalue weighted by Crippen LogP contribution is -2.46. The summed E-state index contributed by atoms with van der Waals surface area (Å²) >= 11 is 0. The van der Waals surface area contributed by atoms with E-state index in [-0.39, 0.29) is 18.4 Å². The van der Waals surface area contributed by atoms with E-state index in [1.54, 1.807) is 14.1 Å².